The van der Waals surface area contributed by atoms with Crippen LogP contribution in [0, 0.1) is 11.7 Å². The quantitative estimate of drug-likeness (QED) is 0.821. The van der Waals surface area contributed by atoms with Crippen molar-refractivity contribution < 1.29 is 13.9 Å². The van der Waals surface area contributed by atoms with E-state index in [4.69, 9.17) is 10.5 Å². The van der Waals surface area contributed by atoms with Crippen LogP contribution in [0.4, 0.5) is 4.39 Å². The summed E-state index contributed by atoms with van der Waals surface area (Å²) in [5.74, 6) is 0.290. The van der Waals surface area contributed by atoms with E-state index in [1.807, 2.05) is 6.92 Å². The van der Waals surface area contributed by atoms with E-state index >= 15 is 0 Å². The number of hydrogen-bond donors (Lipinski definition) is 2. The van der Waals surface area contributed by atoms with Gasteiger partial charge >= 0.3 is 0 Å². The zero-order valence-electron chi connectivity index (χ0n) is 12.2. The predicted molar refractivity (Wildman–Crippen MR) is 82.5 cm³/mol. The van der Waals surface area contributed by atoms with Gasteiger partial charge in [0.2, 0.25) is 0 Å². The van der Waals surface area contributed by atoms with Gasteiger partial charge in [-0.2, -0.15) is 0 Å². The third-order valence-corrected chi connectivity index (χ3v) is 4.50. The minimum absolute atomic E-state index is 0.217. The number of halogens is 2. The summed E-state index contributed by atoms with van der Waals surface area (Å²) < 4.78 is 19.1. The summed E-state index contributed by atoms with van der Waals surface area (Å²) >= 11 is 3.22. The van der Waals surface area contributed by atoms with Crippen molar-refractivity contribution >= 4 is 21.8 Å². The Bertz CT molecular complexity index is 536. The second kappa shape index (κ2) is 6.32. The van der Waals surface area contributed by atoms with Crippen molar-refractivity contribution in [1.29, 1.82) is 0 Å². The van der Waals surface area contributed by atoms with Crippen LogP contribution in [0.3, 0.4) is 0 Å². The molecular formula is C15H20BrFN2O2. The van der Waals surface area contributed by atoms with E-state index in [0.717, 1.165) is 12.8 Å². The first kappa shape index (κ1) is 16.2. The molecule has 1 saturated carbocycles. The number of ether oxygens (including phenoxy) is 1. The van der Waals surface area contributed by atoms with Crippen LogP contribution in [0.25, 0.3) is 0 Å². The maximum atomic E-state index is 13.0. The molecule has 0 heterocycles. The molecule has 0 bridgehead atoms. The Morgan fingerprint density at radius 2 is 2.29 bits per heavy atom. The Balaban J connectivity index is 1.99. The van der Waals surface area contributed by atoms with Crippen LogP contribution in [0.15, 0.2) is 22.7 Å². The highest BCUT2D eigenvalue weighted by Crippen LogP contribution is 2.39. The van der Waals surface area contributed by atoms with Crippen LogP contribution in [0.5, 0.6) is 5.75 Å². The maximum Gasteiger partial charge on any atom is 0.261 e. The molecule has 0 saturated heterocycles. The monoisotopic (exact) mass is 358 g/mol. The van der Waals surface area contributed by atoms with Gasteiger partial charge in [0.1, 0.15) is 11.6 Å². The number of nitrogens with one attached hydrogen (secondary N) is 1. The van der Waals surface area contributed by atoms with Gasteiger partial charge in [0, 0.05) is 6.54 Å². The van der Waals surface area contributed by atoms with Crippen molar-refractivity contribution in [3.05, 3.63) is 28.5 Å². The molecule has 1 aromatic rings. The zero-order chi connectivity index (χ0) is 15.6. The van der Waals surface area contributed by atoms with Gasteiger partial charge in [0.15, 0.2) is 6.10 Å². The molecule has 0 spiro atoms. The molecular weight excluding hydrogens is 339 g/mol. The third-order valence-electron chi connectivity index (χ3n) is 3.88. The highest BCUT2D eigenvalue weighted by molar-refractivity contribution is 9.10. The molecule has 116 valence electrons. The standard InChI is InChI=1S/C15H20BrFN2O2/c1-9(21-13-6-5-11(17)7-12(13)16)14(20)19-15(2,8-18)10-3-4-10/h5-7,9-10H,3-4,8,18H2,1-2H3,(H,19,20). The highest BCUT2D eigenvalue weighted by Gasteiger charge is 2.42. The van der Waals surface area contributed by atoms with Crippen LogP contribution in [-0.2, 0) is 4.79 Å². The average Bonchev–Trinajstić information content (AvgIpc) is 3.26. The SMILES string of the molecule is CC(Oc1ccc(F)cc1Br)C(=O)NC(C)(CN)C1CC1. The maximum absolute atomic E-state index is 13.0. The Hall–Kier alpha value is -1.14. The number of carbonyl (C=O) groups excluding carboxylic acids is 1. The van der Waals surface area contributed by atoms with Gasteiger partial charge < -0.3 is 15.8 Å². The van der Waals surface area contributed by atoms with Crippen molar-refractivity contribution in [3.63, 3.8) is 0 Å². The van der Waals surface area contributed by atoms with Crippen molar-refractivity contribution in [2.75, 3.05) is 6.54 Å². The molecule has 1 fully saturated rings. The fourth-order valence-electron chi connectivity index (χ4n) is 2.24. The van der Waals surface area contributed by atoms with Gasteiger partial charge in [-0.3, -0.25) is 4.79 Å². The Morgan fingerprint density at radius 3 is 2.81 bits per heavy atom. The first-order valence-electron chi connectivity index (χ1n) is 6.99. The molecule has 1 aromatic carbocycles. The minimum Gasteiger partial charge on any atom is -0.480 e. The van der Waals surface area contributed by atoms with Crippen molar-refractivity contribution in [2.45, 2.75) is 38.3 Å². The lowest BCUT2D eigenvalue weighted by molar-refractivity contribution is -0.129. The Morgan fingerprint density at radius 1 is 1.62 bits per heavy atom. The number of nitrogens with two attached hydrogens (primary N) is 1. The zero-order valence-corrected chi connectivity index (χ0v) is 13.7. The average molecular weight is 359 g/mol. The lowest BCUT2D eigenvalue weighted by atomic mass is 9.95. The van der Waals surface area contributed by atoms with Gasteiger partial charge in [0.25, 0.3) is 5.91 Å². The van der Waals surface area contributed by atoms with E-state index in [-0.39, 0.29) is 17.3 Å². The molecule has 2 rings (SSSR count). The third kappa shape index (κ3) is 3.95. The van der Waals surface area contributed by atoms with E-state index in [0.29, 0.717) is 22.7 Å². The minimum atomic E-state index is -0.684. The summed E-state index contributed by atoms with van der Waals surface area (Å²) in [4.78, 5) is 12.3. The van der Waals surface area contributed by atoms with E-state index in [1.54, 1.807) is 6.92 Å². The van der Waals surface area contributed by atoms with Crippen LogP contribution < -0.4 is 15.8 Å². The summed E-state index contributed by atoms with van der Waals surface area (Å²) in [5, 5.41) is 2.98. The molecule has 1 aliphatic rings. The van der Waals surface area contributed by atoms with Crippen molar-refractivity contribution in [2.24, 2.45) is 11.7 Å². The van der Waals surface area contributed by atoms with E-state index in [9.17, 15) is 9.18 Å². The summed E-state index contributed by atoms with van der Waals surface area (Å²) in [6, 6.07) is 4.08. The molecule has 4 nitrogen and oxygen atoms in total. The number of carbonyl (C=O) groups is 1. The summed E-state index contributed by atoms with van der Waals surface area (Å²) in [6.07, 6.45) is 1.50. The second-order valence-electron chi connectivity index (χ2n) is 5.72. The topological polar surface area (TPSA) is 64.3 Å². The molecule has 0 aliphatic heterocycles. The number of hydrogen-bond acceptors (Lipinski definition) is 3. The second-order valence-corrected chi connectivity index (χ2v) is 6.57. The van der Waals surface area contributed by atoms with E-state index in [2.05, 4.69) is 21.2 Å². The van der Waals surface area contributed by atoms with Crippen LogP contribution >= 0.6 is 15.9 Å². The molecule has 0 aromatic heterocycles. The Kier molecular flexibility index (Phi) is 4.88. The lowest BCUT2D eigenvalue weighted by Crippen LogP contribution is -2.56. The van der Waals surface area contributed by atoms with Gasteiger partial charge in [-0.15, -0.1) is 0 Å². The summed E-state index contributed by atoms with van der Waals surface area (Å²) in [7, 11) is 0. The van der Waals surface area contributed by atoms with Gasteiger partial charge in [-0.05, 0) is 66.7 Å². The smallest absolute Gasteiger partial charge is 0.261 e. The van der Waals surface area contributed by atoms with Gasteiger partial charge in [-0.25, -0.2) is 4.39 Å². The molecule has 1 aliphatic carbocycles. The van der Waals surface area contributed by atoms with Gasteiger partial charge in [0.05, 0.1) is 10.0 Å². The molecule has 21 heavy (non-hydrogen) atoms. The normalized spacial score (nSPS) is 18.7. The molecule has 2 atom stereocenters. The van der Waals surface area contributed by atoms with Crippen molar-refractivity contribution in [1.82, 2.24) is 5.32 Å². The number of amides is 1. The fraction of sp³-hybridized carbons (Fsp3) is 0.533. The first-order valence-corrected chi connectivity index (χ1v) is 7.79. The van der Waals surface area contributed by atoms with Crippen LogP contribution in [0.2, 0.25) is 0 Å². The van der Waals surface area contributed by atoms with Crippen molar-refractivity contribution in [3.8, 4) is 5.75 Å². The summed E-state index contributed by atoms with van der Waals surface area (Å²) in [5.41, 5.74) is 5.40. The molecule has 6 heteroatoms. The van der Waals surface area contributed by atoms with Gasteiger partial charge in [-0.1, -0.05) is 0 Å². The van der Waals surface area contributed by atoms with E-state index in [1.165, 1.54) is 18.2 Å². The Labute approximate surface area is 132 Å². The first-order chi connectivity index (χ1) is 9.85. The molecule has 3 N–H and O–H groups in total. The lowest BCUT2D eigenvalue weighted by Gasteiger charge is -2.31. The number of rotatable bonds is 6. The van der Waals surface area contributed by atoms with Crippen LogP contribution in [0.1, 0.15) is 26.7 Å². The van der Waals surface area contributed by atoms with Crippen LogP contribution in [-0.4, -0.2) is 24.1 Å². The molecule has 0 radical (unpaired) electrons. The van der Waals surface area contributed by atoms with E-state index < -0.39 is 6.10 Å². The highest BCUT2D eigenvalue weighted by atomic mass is 79.9. The molecule has 2 unspecified atom stereocenters. The predicted octanol–water partition coefficient (Wildman–Crippen LogP) is 2.60. The molecule has 1 amide bonds. The fourth-order valence-corrected chi connectivity index (χ4v) is 2.68. The summed E-state index contributed by atoms with van der Waals surface area (Å²) in [6.45, 7) is 4.02. The number of benzene rings is 1. The largest absolute Gasteiger partial charge is 0.480 e.